The summed E-state index contributed by atoms with van der Waals surface area (Å²) in [4.78, 5) is 4.35. The topological polar surface area (TPSA) is 84.2 Å². The molecule has 0 amide bonds. The van der Waals surface area contributed by atoms with E-state index in [1.54, 1.807) is 31.2 Å². The first-order chi connectivity index (χ1) is 9.92. The molecule has 2 aromatic rings. The molecule has 0 fully saturated rings. The van der Waals surface area contributed by atoms with Gasteiger partial charge in [-0.05, 0) is 45.0 Å². The largest absolute Gasteiger partial charge is 0.444 e. The van der Waals surface area contributed by atoms with Crippen molar-refractivity contribution < 1.29 is 12.8 Å². The Kier molecular flexibility index (Phi) is 4.64. The van der Waals surface area contributed by atoms with Gasteiger partial charge in [-0.3, -0.25) is 0 Å². The molecule has 0 aliphatic heterocycles. The Labute approximate surface area is 124 Å². The zero-order valence-electron chi connectivity index (χ0n) is 12.3. The Balaban J connectivity index is 2.07. The van der Waals surface area contributed by atoms with Crippen LogP contribution in [0.5, 0.6) is 0 Å². The minimum Gasteiger partial charge on any atom is -0.444 e. The van der Waals surface area contributed by atoms with E-state index >= 15 is 0 Å². The first-order valence-corrected chi connectivity index (χ1v) is 8.17. The van der Waals surface area contributed by atoms with Crippen LogP contribution in [0.25, 0.3) is 0 Å². The zero-order chi connectivity index (χ0) is 15.5. The van der Waals surface area contributed by atoms with Gasteiger partial charge in [0.25, 0.3) is 0 Å². The molecule has 114 valence electrons. The molecule has 6 nitrogen and oxygen atoms in total. The Hall–Kier alpha value is -1.86. The van der Waals surface area contributed by atoms with Crippen LogP contribution in [0, 0.1) is 13.8 Å². The number of nitrogens with zero attached hydrogens (tertiary/aromatic N) is 1. The van der Waals surface area contributed by atoms with Gasteiger partial charge in [0.1, 0.15) is 5.76 Å². The molecule has 7 heteroatoms. The van der Waals surface area contributed by atoms with Crippen molar-refractivity contribution in [1.82, 2.24) is 9.71 Å². The molecule has 1 heterocycles. The van der Waals surface area contributed by atoms with Gasteiger partial charge < -0.3 is 9.73 Å². The standard InChI is InChI=1S/C14H19N3O3S/c1-4-15-12-5-7-13(8-6-12)21(18,19)16-9-14-17-10(2)11(3)20-14/h5-8,15-16H,4,9H2,1-3H3. The number of aryl methyl sites for hydroxylation is 2. The van der Waals surface area contributed by atoms with Crippen molar-refractivity contribution in [3.05, 3.63) is 41.6 Å². The summed E-state index contributed by atoms with van der Waals surface area (Å²) in [5, 5.41) is 3.11. The van der Waals surface area contributed by atoms with Gasteiger partial charge >= 0.3 is 0 Å². The first-order valence-electron chi connectivity index (χ1n) is 6.69. The van der Waals surface area contributed by atoms with Crippen LogP contribution in [0.4, 0.5) is 5.69 Å². The SMILES string of the molecule is CCNc1ccc(S(=O)(=O)NCc2nc(C)c(C)o2)cc1. The lowest BCUT2D eigenvalue weighted by atomic mass is 10.3. The van der Waals surface area contributed by atoms with E-state index in [0.29, 0.717) is 11.7 Å². The summed E-state index contributed by atoms with van der Waals surface area (Å²) < 4.78 is 32.2. The number of benzene rings is 1. The van der Waals surface area contributed by atoms with E-state index < -0.39 is 10.0 Å². The quantitative estimate of drug-likeness (QED) is 0.854. The van der Waals surface area contributed by atoms with E-state index in [2.05, 4.69) is 15.0 Å². The monoisotopic (exact) mass is 309 g/mol. The molecule has 0 saturated heterocycles. The molecular weight excluding hydrogens is 290 g/mol. The van der Waals surface area contributed by atoms with Crippen molar-refractivity contribution in [2.45, 2.75) is 32.2 Å². The smallest absolute Gasteiger partial charge is 0.241 e. The molecule has 0 bridgehead atoms. The number of rotatable bonds is 6. The van der Waals surface area contributed by atoms with E-state index in [0.717, 1.165) is 17.9 Å². The van der Waals surface area contributed by atoms with Gasteiger partial charge in [-0.25, -0.2) is 18.1 Å². The van der Waals surface area contributed by atoms with Gasteiger partial charge in [0, 0.05) is 12.2 Å². The van der Waals surface area contributed by atoms with Crippen molar-refractivity contribution in [3.63, 3.8) is 0 Å². The van der Waals surface area contributed by atoms with Crippen molar-refractivity contribution in [2.75, 3.05) is 11.9 Å². The van der Waals surface area contributed by atoms with Crippen molar-refractivity contribution in [3.8, 4) is 0 Å². The van der Waals surface area contributed by atoms with E-state index in [1.165, 1.54) is 0 Å². The molecule has 0 radical (unpaired) electrons. The Morgan fingerprint density at radius 3 is 2.38 bits per heavy atom. The average Bonchev–Trinajstić information content (AvgIpc) is 2.77. The second-order valence-electron chi connectivity index (χ2n) is 4.63. The maximum Gasteiger partial charge on any atom is 0.241 e. The summed E-state index contributed by atoms with van der Waals surface area (Å²) in [7, 11) is -3.57. The van der Waals surface area contributed by atoms with Crippen LogP contribution in [0.1, 0.15) is 24.3 Å². The van der Waals surface area contributed by atoms with Crippen LogP contribution in [0.15, 0.2) is 33.6 Å². The third kappa shape index (κ3) is 3.83. The van der Waals surface area contributed by atoms with Crippen molar-refractivity contribution in [2.24, 2.45) is 0 Å². The van der Waals surface area contributed by atoms with Crippen molar-refractivity contribution in [1.29, 1.82) is 0 Å². The first kappa shape index (κ1) is 15.5. The van der Waals surface area contributed by atoms with Gasteiger partial charge in [-0.2, -0.15) is 0 Å². The normalized spacial score (nSPS) is 11.6. The van der Waals surface area contributed by atoms with Gasteiger partial charge in [-0.15, -0.1) is 0 Å². The highest BCUT2D eigenvalue weighted by Gasteiger charge is 2.15. The predicted octanol–water partition coefficient (Wildman–Crippen LogP) is 2.20. The highest BCUT2D eigenvalue weighted by molar-refractivity contribution is 7.89. The third-order valence-electron chi connectivity index (χ3n) is 3.03. The maximum absolute atomic E-state index is 12.2. The number of sulfonamides is 1. The minimum absolute atomic E-state index is 0.0337. The molecule has 0 aliphatic carbocycles. The fourth-order valence-electron chi connectivity index (χ4n) is 1.81. The Bertz CT molecular complexity index is 686. The van der Waals surface area contributed by atoms with Crippen LogP contribution in [0.2, 0.25) is 0 Å². The molecule has 0 saturated carbocycles. The van der Waals surface area contributed by atoms with E-state index in [4.69, 9.17) is 4.42 Å². The van der Waals surface area contributed by atoms with Crippen LogP contribution < -0.4 is 10.0 Å². The Morgan fingerprint density at radius 1 is 1.19 bits per heavy atom. The second-order valence-corrected chi connectivity index (χ2v) is 6.40. The summed E-state index contributed by atoms with van der Waals surface area (Å²) >= 11 is 0. The number of hydrogen-bond donors (Lipinski definition) is 2. The van der Waals surface area contributed by atoms with E-state index in [1.807, 2.05) is 13.8 Å². The van der Waals surface area contributed by atoms with Crippen LogP contribution in [-0.4, -0.2) is 19.9 Å². The third-order valence-corrected chi connectivity index (χ3v) is 4.45. The van der Waals surface area contributed by atoms with Crippen LogP contribution in [0.3, 0.4) is 0 Å². The summed E-state index contributed by atoms with van der Waals surface area (Å²) in [5.41, 5.74) is 1.65. The second kappa shape index (κ2) is 6.28. The van der Waals surface area contributed by atoms with Gasteiger partial charge in [-0.1, -0.05) is 0 Å². The molecule has 0 unspecified atom stereocenters. The molecule has 1 aromatic carbocycles. The number of hydrogen-bond acceptors (Lipinski definition) is 5. The summed E-state index contributed by atoms with van der Waals surface area (Å²) in [6.07, 6.45) is 0. The average molecular weight is 309 g/mol. The van der Waals surface area contributed by atoms with E-state index in [9.17, 15) is 8.42 Å². The summed E-state index contributed by atoms with van der Waals surface area (Å²) in [5.74, 6) is 1.05. The zero-order valence-corrected chi connectivity index (χ0v) is 13.1. The lowest BCUT2D eigenvalue weighted by Gasteiger charge is -2.07. The van der Waals surface area contributed by atoms with Crippen LogP contribution >= 0.6 is 0 Å². The fraction of sp³-hybridized carbons (Fsp3) is 0.357. The van der Waals surface area contributed by atoms with Gasteiger partial charge in [0.15, 0.2) is 0 Å². The molecule has 1 aromatic heterocycles. The molecule has 2 rings (SSSR count). The number of aromatic nitrogens is 1. The van der Waals surface area contributed by atoms with Gasteiger partial charge in [0.2, 0.25) is 15.9 Å². The predicted molar refractivity (Wildman–Crippen MR) is 80.6 cm³/mol. The van der Waals surface area contributed by atoms with Gasteiger partial charge in [0.05, 0.1) is 17.1 Å². The van der Waals surface area contributed by atoms with E-state index in [-0.39, 0.29) is 11.4 Å². The molecule has 0 spiro atoms. The number of anilines is 1. The number of nitrogens with one attached hydrogen (secondary N) is 2. The highest BCUT2D eigenvalue weighted by Crippen LogP contribution is 2.15. The minimum atomic E-state index is -3.57. The maximum atomic E-state index is 12.2. The fourth-order valence-corrected chi connectivity index (χ4v) is 2.79. The molecular formula is C14H19N3O3S. The van der Waals surface area contributed by atoms with Crippen molar-refractivity contribution >= 4 is 15.7 Å². The summed E-state index contributed by atoms with van der Waals surface area (Å²) in [6.45, 7) is 6.40. The van der Waals surface area contributed by atoms with Crippen LogP contribution in [-0.2, 0) is 16.6 Å². The molecule has 0 aliphatic rings. The Morgan fingerprint density at radius 2 is 1.86 bits per heavy atom. The molecule has 21 heavy (non-hydrogen) atoms. The molecule has 2 N–H and O–H groups in total. The lowest BCUT2D eigenvalue weighted by molar-refractivity contribution is 0.463. The number of oxazole rings is 1. The lowest BCUT2D eigenvalue weighted by Crippen LogP contribution is -2.23. The molecule has 0 atom stereocenters. The summed E-state index contributed by atoms with van der Waals surface area (Å²) in [6, 6.07) is 6.59. The highest BCUT2D eigenvalue weighted by atomic mass is 32.2.